The van der Waals surface area contributed by atoms with E-state index in [0.717, 1.165) is 17.7 Å². The molecule has 0 amide bonds. The van der Waals surface area contributed by atoms with Gasteiger partial charge in [-0.05, 0) is 37.1 Å². The highest BCUT2D eigenvalue weighted by Gasteiger charge is 2.40. The fraction of sp³-hybridized carbons (Fsp3) is 0.375. The third kappa shape index (κ3) is 2.28. The van der Waals surface area contributed by atoms with E-state index in [4.69, 9.17) is 4.74 Å². The fourth-order valence-electron chi connectivity index (χ4n) is 3.18. The van der Waals surface area contributed by atoms with Gasteiger partial charge in [-0.2, -0.15) is 0 Å². The lowest BCUT2D eigenvalue weighted by atomic mass is 9.79. The zero-order valence-electron chi connectivity index (χ0n) is 11.7. The summed E-state index contributed by atoms with van der Waals surface area (Å²) in [6.45, 7) is 2.10. The zero-order valence-corrected chi connectivity index (χ0v) is 11.7. The van der Waals surface area contributed by atoms with Gasteiger partial charge in [-0.3, -0.25) is 0 Å². The van der Waals surface area contributed by atoms with Gasteiger partial charge in [-0.15, -0.1) is 0 Å². The van der Waals surface area contributed by atoms with Gasteiger partial charge < -0.3 is 15.2 Å². The fourth-order valence-corrected chi connectivity index (χ4v) is 3.18. The molecular formula is C16H17NO4. The molecule has 1 aliphatic heterocycles. The quantitative estimate of drug-likeness (QED) is 0.659. The number of carbonyl (C=O) groups is 2. The van der Waals surface area contributed by atoms with Crippen LogP contribution in [0, 0.1) is 5.92 Å². The van der Waals surface area contributed by atoms with Crippen molar-refractivity contribution in [2.75, 3.05) is 11.9 Å². The van der Waals surface area contributed by atoms with E-state index in [-0.39, 0.29) is 17.8 Å². The number of aliphatic carboxylic acids is 1. The number of anilines is 1. The lowest BCUT2D eigenvalue weighted by molar-refractivity contribution is -0.139. The molecule has 0 saturated heterocycles. The van der Waals surface area contributed by atoms with E-state index in [2.05, 4.69) is 5.32 Å². The number of benzene rings is 1. The van der Waals surface area contributed by atoms with Crippen molar-refractivity contribution in [2.24, 2.45) is 5.92 Å². The second-order valence-corrected chi connectivity index (χ2v) is 5.34. The van der Waals surface area contributed by atoms with Crippen LogP contribution >= 0.6 is 0 Å². The average Bonchev–Trinajstić information content (AvgIpc) is 2.95. The Kier molecular flexibility index (Phi) is 3.41. The number of hydrogen-bond donors (Lipinski definition) is 2. The van der Waals surface area contributed by atoms with Gasteiger partial charge in [0, 0.05) is 17.5 Å². The van der Waals surface area contributed by atoms with Crippen LogP contribution in [0.4, 0.5) is 5.69 Å². The van der Waals surface area contributed by atoms with E-state index < -0.39 is 12.0 Å². The van der Waals surface area contributed by atoms with Gasteiger partial charge in [0.05, 0.1) is 12.2 Å². The first-order valence-corrected chi connectivity index (χ1v) is 7.09. The average molecular weight is 287 g/mol. The topological polar surface area (TPSA) is 75.6 Å². The molecule has 1 heterocycles. The summed E-state index contributed by atoms with van der Waals surface area (Å²) in [5.74, 6) is -1.16. The molecule has 0 fully saturated rings. The van der Waals surface area contributed by atoms with Crippen molar-refractivity contribution < 1.29 is 19.4 Å². The standard InChI is InChI=1S/C16H17NO4/c1-2-21-16(20)9-6-7-13-12(8-9)10-4-3-5-11(10)14(17-13)15(18)19/h3-4,6-8,10-11,14,17H,2,5H2,1H3,(H,18,19)/t10-,11+,14+/m0/s1. The van der Waals surface area contributed by atoms with Crippen LogP contribution in [0.25, 0.3) is 0 Å². The molecule has 0 bridgehead atoms. The van der Waals surface area contributed by atoms with Crippen LogP contribution < -0.4 is 5.32 Å². The Bertz CT molecular complexity index is 623. The monoisotopic (exact) mass is 287 g/mol. The maximum absolute atomic E-state index is 11.8. The Balaban J connectivity index is 1.99. The Morgan fingerprint density at radius 1 is 1.43 bits per heavy atom. The number of ether oxygens (including phenoxy) is 1. The molecule has 1 aromatic rings. The maximum atomic E-state index is 11.8. The molecule has 110 valence electrons. The first-order chi connectivity index (χ1) is 10.1. The largest absolute Gasteiger partial charge is 0.480 e. The molecule has 1 aromatic carbocycles. The Morgan fingerprint density at radius 2 is 2.24 bits per heavy atom. The second-order valence-electron chi connectivity index (χ2n) is 5.34. The number of carboxylic acid groups (broad SMARTS) is 1. The van der Waals surface area contributed by atoms with Gasteiger partial charge in [-0.1, -0.05) is 12.2 Å². The molecule has 0 unspecified atom stereocenters. The normalized spacial score (nSPS) is 25.7. The smallest absolute Gasteiger partial charge is 0.338 e. The van der Waals surface area contributed by atoms with Gasteiger partial charge in [0.1, 0.15) is 6.04 Å². The lowest BCUT2D eigenvalue weighted by Crippen LogP contribution is -2.41. The second kappa shape index (κ2) is 5.24. The van der Waals surface area contributed by atoms with Gasteiger partial charge in [0.15, 0.2) is 0 Å². The Hall–Kier alpha value is -2.30. The molecule has 1 aliphatic carbocycles. The van der Waals surface area contributed by atoms with Crippen LogP contribution in [0.5, 0.6) is 0 Å². The number of allylic oxidation sites excluding steroid dienone is 2. The summed E-state index contributed by atoms with van der Waals surface area (Å²) in [6.07, 6.45) is 4.78. The minimum absolute atomic E-state index is 0.00699. The summed E-state index contributed by atoms with van der Waals surface area (Å²) >= 11 is 0. The van der Waals surface area contributed by atoms with Crippen molar-refractivity contribution in [3.8, 4) is 0 Å². The minimum atomic E-state index is -0.839. The first-order valence-electron chi connectivity index (χ1n) is 7.09. The number of carbonyl (C=O) groups excluding carboxylic acids is 1. The SMILES string of the molecule is CCOC(=O)c1ccc2c(c1)[C@H]1C=CC[C@H]1[C@H](C(=O)O)N2. The molecule has 5 heteroatoms. The third-order valence-electron chi connectivity index (χ3n) is 4.14. The van der Waals surface area contributed by atoms with Crippen molar-refractivity contribution in [3.63, 3.8) is 0 Å². The third-order valence-corrected chi connectivity index (χ3v) is 4.14. The predicted molar refractivity (Wildman–Crippen MR) is 77.4 cm³/mol. The number of esters is 1. The first kappa shape index (κ1) is 13.7. The van der Waals surface area contributed by atoms with Gasteiger partial charge in [0.2, 0.25) is 0 Å². The summed E-state index contributed by atoms with van der Waals surface area (Å²) in [5.41, 5.74) is 2.25. The summed E-state index contributed by atoms with van der Waals surface area (Å²) < 4.78 is 5.02. The van der Waals surface area contributed by atoms with Crippen molar-refractivity contribution in [1.82, 2.24) is 0 Å². The minimum Gasteiger partial charge on any atom is -0.480 e. The number of carboxylic acids is 1. The summed E-state index contributed by atoms with van der Waals surface area (Å²) in [7, 11) is 0. The molecule has 5 nitrogen and oxygen atoms in total. The van der Waals surface area contributed by atoms with Crippen LogP contribution in [-0.2, 0) is 9.53 Å². The summed E-state index contributed by atoms with van der Waals surface area (Å²) in [6, 6.07) is 4.65. The van der Waals surface area contributed by atoms with E-state index in [0.29, 0.717) is 12.2 Å². The Labute approximate surface area is 122 Å². The van der Waals surface area contributed by atoms with Crippen LogP contribution in [0.2, 0.25) is 0 Å². The van der Waals surface area contributed by atoms with Crippen LogP contribution in [0.3, 0.4) is 0 Å². The predicted octanol–water partition coefficient (Wildman–Crippen LogP) is 2.40. The number of nitrogens with one attached hydrogen (secondary N) is 1. The van der Waals surface area contributed by atoms with Crippen molar-refractivity contribution in [2.45, 2.75) is 25.3 Å². The highest BCUT2D eigenvalue weighted by Crippen LogP contribution is 2.44. The molecule has 2 N–H and O–H groups in total. The van der Waals surface area contributed by atoms with Crippen molar-refractivity contribution >= 4 is 17.6 Å². The molecule has 0 radical (unpaired) electrons. The van der Waals surface area contributed by atoms with Crippen LogP contribution in [-0.4, -0.2) is 29.7 Å². The Morgan fingerprint density at radius 3 is 2.95 bits per heavy atom. The molecule has 0 aromatic heterocycles. The zero-order chi connectivity index (χ0) is 15.0. The highest BCUT2D eigenvalue weighted by molar-refractivity contribution is 5.91. The lowest BCUT2D eigenvalue weighted by Gasteiger charge is -2.34. The number of fused-ring (bicyclic) bond motifs is 3. The summed E-state index contributed by atoms with van der Waals surface area (Å²) in [5, 5.41) is 12.4. The molecular weight excluding hydrogens is 270 g/mol. The van der Waals surface area contributed by atoms with E-state index in [1.165, 1.54) is 0 Å². The molecule has 21 heavy (non-hydrogen) atoms. The van der Waals surface area contributed by atoms with Crippen molar-refractivity contribution in [1.29, 1.82) is 0 Å². The van der Waals surface area contributed by atoms with Crippen LogP contribution in [0.15, 0.2) is 30.4 Å². The molecule has 3 rings (SSSR count). The van der Waals surface area contributed by atoms with Gasteiger partial charge in [-0.25, -0.2) is 9.59 Å². The maximum Gasteiger partial charge on any atom is 0.338 e. The van der Waals surface area contributed by atoms with Gasteiger partial charge in [0.25, 0.3) is 0 Å². The van der Waals surface area contributed by atoms with E-state index in [9.17, 15) is 14.7 Å². The van der Waals surface area contributed by atoms with E-state index in [1.807, 2.05) is 18.2 Å². The number of hydrogen-bond acceptors (Lipinski definition) is 4. The molecule has 0 spiro atoms. The van der Waals surface area contributed by atoms with Crippen LogP contribution in [0.1, 0.15) is 35.2 Å². The molecule has 2 aliphatic rings. The highest BCUT2D eigenvalue weighted by atomic mass is 16.5. The molecule has 3 atom stereocenters. The molecule has 0 saturated carbocycles. The van der Waals surface area contributed by atoms with E-state index in [1.54, 1.807) is 19.1 Å². The van der Waals surface area contributed by atoms with Gasteiger partial charge >= 0.3 is 11.9 Å². The summed E-state index contributed by atoms with van der Waals surface area (Å²) in [4.78, 5) is 23.2. The number of rotatable bonds is 3. The van der Waals surface area contributed by atoms with E-state index >= 15 is 0 Å². The van der Waals surface area contributed by atoms with Crippen molar-refractivity contribution in [3.05, 3.63) is 41.5 Å².